The minimum atomic E-state index is -0.527. The number of aromatic nitrogens is 4. The van der Waals surface area contributed by atoms with Crippen LogP contribution in [0, 0.1) is 22.7 Å². The van der Waals surface area contributed by atoms with E-state index in [1.807, 2.05) is 13.0 Å². The molecule has 9 nitrogen and oxygen atoms in total. The molecule has 3 rings (SSSR count). The van der Waals surface area contributed by atoms with Crippen LogP contribution in [0.15, 0.2) is 42.9 Å². The summed E-state index contributed by atoms with van der Waals surface area (Å²) in [5.41, 5.74) is 2.34. The minimum absolute atomic E-state index is 0.315. The summed E-state index contributed by atoms with van der Waals surface area (Å²) in [7, 11) is 0. The van der Waals surface area contributed by atoms with Gasteiger partial charge in [0.05, 0.1) is 53.9 Å². The van der Waals surface area contributed by atoms with E-state index in [0.717, 1.165) is 0 Å². The zero-order chi connectivity index (χ0) is 22.2. The lowest BCUT2D eigenvalue weighted by Crippen LogP contribution is -2.33. The molecule has 0 bridgehead atoms. The molecule has 0 aliphatic carbocycles. The van der Waals surface area contributed by atoms with Crippen molar-refractivity contribution in [3.8, 4) is 23.4 Å². The summed E-state index contributed by atoms with van der Waals surface area (Å²) in [4.78, 5) is 20.9. The van der Waals surface area contributed by atoms with E-state index in [4.69, 9.17) is 22.1 Å². The van der Waals surface area contributed by atoms with E-state index in [1.165, 1.54) is 6.20 Å². The first kappa shape index (κ1) is 21.8. The van der Waals surface area contributed by atoms with Crippen molar-refractivity contribution in [2.45, 2.75) is 32.4 Å². The van der Waals surface area contributed by atoms with E-state index >= 15 is 0 Å². The molecule has 1 atom stereocenters. The smallest absolute Gasteiger partial charge is 0.252 e. The number of nitrogens with one attached hydrogen (secondary N) is 2. The maximum atomic E-state index is 12.3. The van der Waals surface area contributed by atoms with Crippen LogP contribution in [0.4, 0.5) is 11.6 Å². The summed E-state index contributed by atoms with van der Waals surface area (Å²) >= 11 is 6.29. The molecule has 0 spiro atoms. The highest BCUT2D eigenvalue weighted by atomic mass is 35.5. The number of nitriles is 2. The topological polar surface area (TPSA) is 132 Å². The molecule has 2 heterocycles. The average molecular weight is 435 g/mol. The number of nitrogens with zero attached hydrogens (tertiary/aromatic N) is 6. The van der Waals surface area contributed by atoms with Crippen LogP contribution in [-0.2, 0) is 6.54 Å². The molecule has 0 saturated carbocycles. The standard InChI is InChI=1S/C21H19ClN8O/c1-2-16(10-24)27-20(31)15-6-4-14(5-7-15)19-18(22)12-25-21(29-19)28-17-11-26-30(13-17)9-3-8-23/h4-7,11-13,16H,2-3,9H2,1H3,(H,27,31)(H,25,28,29)/t16-/m0/s1. The highest BCUT2D eigenvalue weighted by Gasteiger charge is 2.13. The minimum Gasteiger partial charge on any atom is -0.336 e. The van der Waals surface area contributed by atoms with E-state index in [0.29, 0.717) is 52.9 Å². The fraction of sp³-hybridized carbons (Fsp3) is 0.238. The second kappa shape index (κ2) is 10.2. The van der Waals surface area contributed by atoms with Gasteiger partial charge in [-0.2, -0.15) is 15.6 Å². The molecule has 0 aliphatic rings. The quantitative estimate of drug-likeness (QED) is 0.552. The number of carbonyl (C=O) groups is 1. The van der Waals surface area contributed by atoms with Gasteiger partial charge in [-0.1, -0.05) is 30.7 Å². The second-order valence-corrected chi connectivity index (χ2v) is 6.96. The molecule has 2 N–H and O–H groups in total. The molecule has 0 unspecified atom stereocenters. The number of benzene rings is 1. The predicted molar refractivity (Wildman–Crippen MR) is 115 cm³/mol. The second-order valence-electron chi connectivity index (χ2n) is 6.56. The third-order valence-electron chi connectivity index (χ3n) is 4.38. The van der Waals surface area contributed by atoms with E-state index in [9.17, 15) is 4.79 Å². The van der Waals surface area contributed by atoms with E-state index in [-0.39, 0.29) is 5.91 Å². The molecule has 3 aromatic rings. The Morgan fingerprint density at radius 1 is 1.26 bits per heavy atom. The summed E-state index contributed by atoms with van der Waals surface area (Å²) < 4.78 is 1.65. The third-order valence-corrected chi connectivity index (χ3v) is 4.65. The Balaban J connectivity index is 1.75. The fourth-order valence-electron chi connectivity index (χ4n) is 2.72. The number of hydrogen-bond acceptors (Lipinski definition) is 7. The highest BCUT2D eigenvalue weighted by Crippen LogP contribution is 2.27. The number of halogens is 1. The summed E-state index contributed by atoms with van der Waals surface area (Å²) in [5, 5.41) is 27.9. The Kier molecular flexibility index (Phi) is 7.15. The molecule has 1 amide bonds. The number of aryl methyl sites for hydroxylation is 1. The van der Waals surface area contributed by atoms with Crippen molar-refractivity contribution in [3.63, 3.8) is 0 Å². The molecule has 0 radical (unpaired) electrons. The lowest BCUT2D eigenvalue weighted by Gasteiger charge is -2.10. The first-order chi connectivity index (χ1) is 15.0. The summed E-state index contributed by atoms with van der Waals surface area (Å²) in [5.74, 6) is 0.0189. The maximum absolute atomic E-state index is 12.3. The summed E-state index contributed by atoms with van der Waals surface area (Å²) in [6, 6.07) is 10.4. The predicted octanol–water partition coefficient (Wildman–Crippen LogP) is 3.68. The molecule has 0 aliphatic heterocycles. The first-order valence-corrected chi connectivity index (χ1v) is 9.91. The molecule has 2 aromatic heterocycles. The van der Waals surface area contributed by atoms with Gasteiger partial charge < -0.3 is 10.6 Å². The monoisotopic (exact) mass is 434 g/mol. The molecule has 0 fully saturated rings. The SMILES string of the molecule is CC[C@@H](C#N)NC(=O)c1ccc(-c2nc(Nc3cnn(CCC#N)c3)ncc2Cl)cc1. The van der Waals surface area contributed by atoms with Crippen molar-refractivity contribution in [3.05, 3.63) is 53.4 Å². The maximum Gasteiger partial charge on any atom is 0.252 e. The molecular formula is C21H19ClN8O. The fourth-order valence-corrected chi connectivity index (χ4v) is 2.92. The van der Waals surface area contributed by atoms with Crippen LogP contribution in [0.25, 0.3) is 11.3 Å². The van der Waals surface area contributed by atoms with Crippen LogP contribution in [-0.4, -0.2) is 31.7 Å². The zero-order valence-corrected chi connectivity index (χ0v) is 17.5. The highest BCUT2D eigenvalue weighted by molar-refractivity contribution is 6.32. The van der Waals surface area contributed by atoms with E-state index in [1.54, 1.807) is 41.3 Å². The molecule has 31 heavy (non-hydrogen) atoms. The van der Waals surface area contributed by atoms with Gasteiger partial charge in [0.15, 0.2) is 0 Å². The van der Waals surface area contributed by atoms with Gasteiger partial charge in [0.2, 0.25) is 5.95 Å². The van der Waals surface area contributed by atoms with Crippen molar-refractivity contribution in [2.75, 3.05) is 5.32 Å². The zero-order valence-electron chi connectivity index (χ0n) is 16.7. The number of anilines is 2. The first-order valence-electron chi connectivity index (χ1n) is 9.54. The molecule has 10 heteroatoms. The van der Waals surface area contributed by atoms with Crippen LogP contribution in [0.3, 0.4) is 0 Å². The number of carbonyl (C=O) groups excluding carboxylic acids is 1. The molecule has 1 aromatic carbocycles. The Morgan fingerprint density at radius 3 is 2.71 bits per heavy atom. The van der Waals surface area contributed by atoms with Gasteiger partial charge >= 0.3 is 0 Å². The van der Waals surface area contributed by atoms with E-state index in [2.05, 4.69) is 31.8 Å². The van der Waals surface area contributed by atoms with Gasteiger partial charge in [-0.05, 0) is 18.6 Å². The largest absolute Gasteiger partial charge is 0.336 e. The summed E-state index contributed by atoms with van der Waals surface area (Å²) in [6.07, 6.45) is 5.77. The van der Waals surface area contributed by atoms with Crippen molar-refractivity contribution in [2.24, 2.45) is 0 Å². The van der Waals surface area contributed by atoms with Gasteiger partial charge in [0.25, 0.3) is 5.91 Å². The lowest BCUT2D eigenvalue weighted by atomic mass is 10.1. The Labute approximate surface area is 184 Å². The number of hydrogen-bond donors (Lipinski definition) is 2. The van der Waals surface area contributed by atoms with Crippen LogP contribution in [0.1, 0.15) is 30.1 Å². The van der Waals surface area contributed by atoms with Gasteiger partial charge in [-0.3, -0.25) is 9.48 Å². The van der Waals surface area contributed by atoms with Gasteiger partial charge in [-0.25, -0.2) is 9.97 Å². The summed E-state index contributed by atoms with van der Waals surface area (Å²) in [6.45, 7) is 2.33. The van der Waals surface area contributed by atoms with Crippen LogP contribution in [0.2, 0.25) is 5.02 Å². The molecule has 156 valence electrons. The third kappa shape index (κ3) is 5.56. The normalized spacial score (nSPS) is 11.2. The van der Waals surface area contributed by atoms with Crippen molar-refractivity contribution >= 4 is 29.1 Å². The lowest BCUT2D eigenvalue weighted by molar-refractivity contribution is 0.0944. The average Bonchev–Trinajstić information content (AvgIpc) is 3.24. The Hall–Kier alpha value is -3.95. The molecule has 0 saturated heterocycles. The van der Waals surface area contributed by atoms with Crippen molar-refractivity contribution in [1.29, 1.82) is 10.5 Å². The number of rotatable bonds is 8. The van der Waals surface area contributed by atoms with Crippen LogP contribution < -0.4 is 10.6 Å². The van der Waals surface area contributed by atoms with Gasteiger partial charge in [-0.15, -0.1) is 0 Å². The Bertz CT molecular complexity index is 1140. The number of amides is 1. The van der Waals surface area contributed by atoms with Crippen LogP contribution >= 0.6 is 11.6 Å². The van der Waals surface area contributed by atoms with E-state index < -0.39 is 6.04 Å². The Morgan fingerprint density at radius 2 is 2.03 bits per heavy atom. The van der Waals surface area contributed by atoms with Gasteiger partial charge in [0.1, 0.15) is 6.04 Å². The van der Waals surface area contributed by atoms with Gasteiger partial charge in [0, 0.05) is 17.3 Å². The molecular weight excluding hydrogens is 416 g/mol. The van der Waals surface area contributed by atoms with Crippen molar-refractivity contribution < 1.29 is 4.79 Å². The van der Waals surface area contributed by atoms with Crippen molar-refractivity contribution in [1.82, 2.24) is 25.1 Å². The van der Waals surface area contributed by atoms with Crippen LogP contribution in [0.5, 0.6) is 0 Å².